The molecule has 0 unspecified atom stereocenters. The minimum atomic E-state index is -1.03. The van der Waals surface area contributed by atoms with Crippen LogP contribution >= 0.6 is 0 Å². The lowest BCUT2D eigenvalue weighted by Crippen LogP contribution is -2.42. The van der Waals surface area contributed by atoms with Crippen LogP contribution in [0.15, 0.2) is 23.0 Å². The zero-order chi connectivity index (χ0) is 18.1. The highest BCUT2D eigenvalue weighted by atomic mass is 16.4. The molecule has 6 nitrogen and oxygen atoms in total. The van der Waals surface area contributed by atoms with E-state index in [2.05, 4.69) is 28.9 Å². The molecule has 1 fully saturated rings. The number of aromatic amines is 1. The Labute approximate surface area is 147 Å². The summed E-state index contributed by atoms with van der Waals surface area (Å²) in [5.74, 6) is -1.03. The summed E-state index contributed by atoms with van der Waals surface area (Å²) in [5.41, 5.74) is 1.92. The number of nitrogens with one attached hydrogen (secondary N) is 1. The number of hydrogen-bond acceptors (Lipinski definition) is 4. The third-order valence-electron chi connectivity index (χ3n) is 5.30. The second-order valence-electron chi connectivity index (χ2n) is 7.04. The summed E-state index contributed by atoms with van der Waals surface area (Å²) < 4.78 is 0. The largest absolute Gasteiger partial charge is 0.478 e. The highest BCUT2D eigenvalue weighted by Crippen LogP contribution is 2.20. The Bertz CT molecular complexity index is 851. The van der Waals surface area contributed by atoms with Crippen LogP contribution in [0.4, 0.5) is 0 Å². The maximum atomic E-state index is 12.9. The normalized spacial score (nSPS) is 16.6. The van der Waals surface area contributed by atoms with E-state index in [0.717, 1.165) is 37.2 Å². The van der Waals surface area contributed by atoms with Crippen molar-refractivity contribution in [2.45, 2.75) is 32.4 Å². The monoisotopic (exact) mass is 343 g/mol. The van der Waals surface area contributed by atoms with E-state index in [-0.39, 0.29) is 11.0 Å². The van der Waals surface area contributed by atoms with Crippen molar-refractivity contribution in [2.75, 3.05) is 27.2 Å². The molecule has 0 saturated carbocycles. The maximum Gasteiger partial charge on any atom is 0.337 e. The minimum Gasteiger partial charge on any atom is -0.478 e. The van der Waals surface area contributed by atoms with Crippen molar-refractivity contribution in [2.24, 2.45) is 0 Å². The molecule has 1 aliphatic heterocycles. The molecule has 3 rings (SSSR count). The number of aryl methyl sites for hydroxylation is 1. The predicted octanol–water partition coefficient (Wildman–Crippen LogP) is 2.06. The molecule has 0 atom stereocenters. The Balaban J connectivity index is 1.94. The summed E-state index contributed by atoms with van der Waals surface area (Å²) in [6.07, 6.45) is 2.20. The molecule has 25 heavy (non-hydrogen) atoms. The second-order valence-corrected chi connectivity index (χ2v) is 7.04. The molecule has 2 N–H and O–H groups in total. The van der Waals surface area contributed by atoms with Crippen LogP contribution in [0.3, 0.4) is 0 Å². The van der Waals surface area contributed by atoms with Crippen molar-refractivity contribution < 1.29 is 9.90 Å². The van der Waals surface area contributed by atoms with E-state index in [1.165, 1.54) is 6.07 Å². The first-order chi connectivity index (χ1) is 11.9. The number of benzene rings is 1. The van der Waals surface area contributed by atoms with Gasteiger partial charge in [-0.3, -0.25) is 9.69 Å². The van der Waals surface area contributed by atoms with Gasteiger partial charge in [-0.05, 0) is 59.1 Å². The van der Waals surface area contributed by atoms with Gasteiger partial charge in [-0.15, -0.1) is 0 Å². The highest BCUT2D eigenvalue weighted by molar-refractivity contribution is 6.01. The van der Waals surface area contributed by atoms with Gasteiger partial charge in [-0.25, -0.2) is 4.79 Å². The fourth-order valence-electron chi connectivity index (χ4n) is 3.65. The number of nitrogens with zero attached hydrogens (tertiary/aromatic N) is 2. The molecular formula is C19H25N3O3. The van der Waals surface area contributed by atoms with Gasteiger partial charge in [-0.2, -0.15) is 0 Å². The van der Waals surface area contributed by atoms with E-state index >= 15 is 0 Å². The van der Waals surface area contributed by atoms with Gasteiger partial charge in [0.25, 0.3) is 0 Å². The van der Waals surface area contributed by atoms with Gasteiger partial charge in [0.2, 0.25) is 0 Å². The van der Waals surface area contributed by atoms with Gasteiger partial charge in [-0.1, -0.05) is 6.07 Å². The lowest BCUT2D eigenvalue weighted by atomic mass is 10.0. The Morgan fingerprint density at radius 2 is 2.04 bits per heavy atom. The van der Waals surface area contributed by atoms with Crippen molar-refractivity contribution in [3.05, 3.63) is 45.2 Å². The Morgan fingerprint density at radius 3 is 2.68 bits per heavy atom. The number of hydrogen-bond donors (Lipinski definition) is 2. The van der Waals surface area contributed by atoms with E-state index in [9.17, 15) is 14.7 Å². The Kier molecular flexibility index (Phi) is 4.92. The van der Waals surface area contributed by atoms with Crippen molar-refractivity contribution in [3.8, 4) is 0 Å². The number of carboxylic acids is 1. The van der Waals surface area contributed by atoms with E-state index in [1.807, 2.05) is 6.92 Å². The van der Waals surface area contributed by atoms with Crippen LogP contribution in [0.1, 0.15) is 34.5 Å². The quantitative estimate of drug-likeness (QED) is 0.889. The summed E-state index contributed by atoms with van der Waals surface area (Å²) in [5, 5.41) is 9.78. The summed E-state index contributed by atoms with van der Waals surface area (Å²) in [4.78, 5) is 32.1. The topological polar surface area (TPSA) is 76.6 Å². The number of aromatic nitrogens is 1. The molecule has 2 heterocycles. The van der Waals surface area contributed by atoms with E-state index in [0.29, 0.717) is 23.5 Å². The van der Waals surface area contributed by atoms with E-state index in [4.69, 9.17) is 0 Å². The Hall–Kier alpha value is -2.18. The maximum absolute atomic E-state index is 12.9. The number of carbonyl (C=O) groups is 1. The number of aromatic carboxylic acids is 1. The van der Waals surface area contributed by atoms with Crippen LogP contribution < -0.4 is 5.43 Å². The molecule has 6 heteroatoms. The van der Waals surface area contributed by atoms with Crippen molar-refractivity contribution in [1.29, 1.82) is 0 Å². The Morgan fingerprint density at radius 1 is 1.36 bits per heavy atom. The lowest BCUT2D eigenvalue weighted by Gasteiger charge is -2.35. The highest BCUT2D eigenvalue weighted by Gasteiger charge is 2.22. The van der Waals surface area contributed by atoms with Gasteiger partial charge < -0.3 is 15.0 Å². The SMILES string of the molecule is Cc1[nH]c2c(C(=O)O)cccc2c(=O)c1CN(C)C1CCN(C)CC1. The van der Waals surface area contributed by atoms with Crippen molar-refractivity contribution in [3.63, 3.8) is 0 Å². The van der Waals surface area contributed by atoms with Gasteiger partial charge in [0.1, 0.15) is 0 Å². The first kappa shape index (κ1) is 17.6. The first-order valence-electron chi connectivity index (χ1n) is 8.65. The van der Waals surface area contributed by atoms with Crippen LogP contribution in [0.5, 0.6) is 0 Å². The zero-order valence-electron chi connectivity index (χ0n) is 15.0. The van der Waals surface area contributed by atoms with Crippen LogP contribution in [0.2, 0.25) is 0 Å². The summed E-state index contributed by atoms with van der Waals surface area (Å²) in [6, 6.07) is 5.31. The molecule has 0 radical (unpaired) electrons. The molecule has 1 aromatic carbocycles. The zero-order valence-corrected chi connectivity index (χ0v) is 15.0. The summed E-state index contributed by atoms with van der Waals surface area (Å²) >= 11 is 0. The third-order valence-corrected chi connectivity index (χ3v) is 5.30. The van der Waals surface area contributed by atoms with E-state index in [1.54, 1.807) is 12.1 Å². The van der Waals surface area contributed by atoms with Gasteiger partial charge >= 0.3 is 5.97 Å². The van der Waals surface area contributed by atoms with Crippen LogP contribution in [0, 0.1) is 6.92 Å². The average molecular weight is 343 g/mol. The molecule has 0 bridgehead atoms. The number of rotatable bonds is 4. The first-order valence-corrected chi connectivity index (χ1v) is 8.65. The number of fused-ring (bicyclic) bond motifs is 1. The fraction of sp³-hybridized carbons (Fsp3) is 0.474. The van der Waals surface area contributed by atoms with Crippen LogP contribution in [-0.4, -0.2) is 59.1 Å². The lowest BCUT2D eigenvalue weighted by molar-refractivity contribution is 0.0699. The second kappa shape index (κ2) is 6.98. The number of para-hydroxylation sites is 1. The molecule has 1 saturated heterocycles. The molecule has 0 amide bonds. The predicted molar refractivity (Wildman–Crippen MR) is 98.3 cm³/mol. The molecule has 134 valence electrons. The van der Waals surface area contributed by atoms with E-state index < -0.39 is 5.97 Å². The van der Waals surface area contributed by atoms with Gasteiger partial charge in [0.05, 0.1) is 11.1 Å². The number of piperidine rings is 1. The molecule has 1 aromatic heterocycles. The van der Waals surface area contributed by atoms with Gasteiger partial charge in [0.15, 0.2) is 5.43 Å². The number of pyridine rings is 1. The molecule has 0 aliphatic carbocycles. The molecular weight excluding hydrogens is 318 g/mol. The number of likely N-dealkylation sites (tertiary alicyclic amines) is 1. The number of H-pyrrole nitrogens is 1. The smallest absolute Gasteiger partial charge is 0.337 e. The van der Waals surface area contributed by atoms with Gasteiger partial charge in [0, 0.05) is 29.2 Å². The fourth-order valence-corrected chi connectivity index (χ4v) is 3.65. The van der Waals surface area contributed by atoms with Crippen LogP contribution in [-0.2, 0) is 6.54 Å². The average Bonchev–Trinajstić information content (AvgIpc) is 2.58. The molecule has 1 aliphatic rings. The van der Waals surface area contributed by atoms with Crippen molar-refractivity contribution >= 4 is 16.9 Å². The van der Waals surface area contributed by atoms with Crippen LogP contribution in [0.25, 0.3) is 10.9 Å². The summed E-state index contributed by atoms with van der Waals surface area (Å²) in [7, 11) is 4.20. The minimum absolute atomic E-state index is 0.0749. The standard InChI is InChI=1S/C19H25N3O3/c1-12-16(11-22(3)13-7-9-21(2)10-8-13)18(23)14-5-4-6-15(19(24)25)17(14)20-12/h4-6,13H,7-11H2,1-3H3,(H,20,23)(H,24,25). The summed E-state index contributed by atoms with van der Waals surface area (Å²) in [6.45, 7) is 4.56. The molecule has 0 spiro atoms. The third kappa shape index (κ3) is 3.45. The molecule has 2 aromatic rings. The van der Waals surface area contributed by atoms with Crippen molar-refractivity contribution in [1.82, 2.24) is 14.8 Å². The number of carboxylic acid groups (broad SMARTS) is 1.